The number of likely N-dealkylation sites (N-methyl/N-ethyl adjacent to an activating group) is 1. The summed E-state index contributed by atoms with van der Waals surface area (Å²) in [6, 6.07) is 18.5. The van der Waals surface area contributed by atoms with Crippen LogP contribution in [0.15, 0.2) is 72.0 Å². The number of nitrogens with zero attached hydrogens (tertiary/aromatic N) is 3. The summed E-state index contributed by atoms with van der Waals surface area (Å²) in [5.74, 6) is 1.51. The number of nitrogens with one attached hydrogen (secondary N) is 4. The average molecular weight is 501 g/mol. The number of benzene rings is 2. The number of rotatable bonds is 12. The van der Waals surface area contributed by atoms with Crippen LogP contribution < -0.4 is 36.7 Å². The number of aromatic nitrogens is 1. The maximum atomic E-state index is 7.17. The number of hydrogen-bond donors (Lipinski definition) is 5. The average Bonchev–Trinajstić information content (AvgIpc) is 3.28. The molecule has 0 atom stereocenters. The fourth-order valence-corrected chi connectivity index (χ4v) is 4.01. The van der Waals surface area contributed by atoms with Crippen LogP contribution in [0.1, 0.15) is 12.0 Å². The second kappa shape index (κ2) is 12.2. The van der Waals surface area contributed by atoms with E-state index in [1.54, 1.807) is 0 Å². The molecule has 0 aliphatic carbocycles. The third-order valence-electron chi connectivity index (χ3n) is 5.98. The van der Waals surface area contributed by atoms with E-state index in [9.17, 15) is 0 Å². The number of anilines is 1. The highest BCUT2D eigenvalue weighted by Gasteiger charge is 2.15. The molecular formula is C28H36N8O. The van der Waals surface area contributed by atoms with Crippen molar-refractivity contribution < 1.29 is 4.74 Å². The van der Waals surface area contributed by atoms with Gasteiger partial charge < -0.3 is 35.9 Å². The molecular weight excluding hydrogens is 464 g/mol. The quantitative estimate of drug-likeness (QED) is 0.147. The number of hydrogen-bond acceptors (Lipinski definition) is 6. The molecule has 37 heavy (non-hydrogen) atoms. The summed E-state index contributed by atoms with van der Waals surface area (Å²) in [7, 11) is 4.07. The Kier molecular flexibility index (Phi) is 8.60. The summed E-state index contributed by atoms with van der Waals surface area (Å²) in [4.78, 5) is 12.3. The molecule has 1 aliphatic heterocycles. The van der Waals surface area contributed by atoms with Crippen LogP contribution in [0.5, 0.6) is 5.75 Å². The zero-order chi connectivity index (χ0) is 26.2. The molecule has 6 N–H and O–H groups in total. The van der Waals surface area contributed by atoms with Crippen molar-refractivity contribution in [3.05, 3.63) is 83.3 Å². The molecule has 9 nitrogen and oxygen atoms in total. The fourth-order valence-electron chi connectivity index (χ4n) is 4.01. The molecule has 0 radical (unpaired) electrons. The predicted octanol–water partition coefficient (Wildman–Crippen LogP) is 1.93. The molecule has 194 valence electrons. The Bertz CT molecular complexity index is 1340. The van der Waals surface area contributed by atoms with Crippen LogP contribution in [-0.2, 0) is 6.54 Å². The van der Waals surface area contributed by atoms with Gasteiger partial charge in [-0.15, -0.1) is 0 Å². The molecule has 0 saturated heterocycles. The van der Waals surface area contributed by atoms with Gasteiger partial charge in [0.1, 0.15) is 23.7 Å². The third kappa shape index (κ3) is 6.99. The van der Waals surface area contributed by atoms with Crippen molar-refractivity contribution >= 4 is 17.8 Å². The normalized spacial score (nSPS) is 12.6. The fraction of sp³-hybridized carbons (Fsp3) is 0.286. The molecule has 0 unspecified atom stereocenters. The van der Waals surface area contributed by atoms with Gasteiger partial charge in [-0.3, -0.25) is 5.41 Å². The highest BCUT2D eigenvalue weighted by Crippen LogP contribution is 2.28. The first-order valence-corrected chi connectivity index (χ1v) is 12.4. The molecule has 9 heteroatoms. The number of nitrogens with two attached hydrogens (primary N) is 1. The number of para-hydroxylation sites is 1. The summed E-state index contributed by atoms with van der Waals surface area (Å²) >= 11 is 0. The number of ether oxygens (including phenoxy) is 1. The minimum Gasteiger partial charge on any atom is -0.492 e. The first-order chi connectivity index (χ1) is 17.9. The van der Waals surface area contributed by atoms with Crippen molar-refractivity contribution in [2.75, 3.05) is 45.2 Å². The van der Waals surface area contributed by atoms with E-state index in [4.69, 9.17) is 20.9 Å². The highest BCUT2D eigenvalue weighted by atomic mass is 16.5. The van der Waals surface area contributed by atoms with Gasteiger partial charge in [0.05, 0.1) is 5.69 Å². The van der Waals surface area contributed by atoms with E-state index < -0.39 is 0 Å². The lowest BCUT2D eigenvalue weighted by Crippen LogP contribution is -2.33. The van der Waals surface area contributed by atoms with Gasteiger partial charge in [0.25, 0.3) is 0 Å². The van der Waals surface area contributed by atoms with Crippen molar-refractivity contribution in [1.82, 2.24) is 20.5 Å². The summed E-state index contributed by atoms with van der Waals surface area (Å²) in [6.45, 7) is 7.96. The molecule has 0 bridgehead atoms. The Morgan fingerprint density at radius 2 is 1.95 bits per heavy atom. The summed E-state index contributed by atoms with van der Waals surface area (Å²) in [5, 5.41) is 14.4. The monoisotopic (exact) mass is 500 g/mol. The second-order valence-electron chi connectivity index (χ2n) is 9.20. The van der Waals surface area contributed by atoms with Crippen molar-refractivity contribution in [1.29, 1.82) is 5.41 Å². The van der Waals surface area contributed by atoms with Crippen molar-refractivity contribution in [2.24, 2.45) is 10.7 Å². The Morgan fingerprint density at radius 1 is 1.16 bits per heavy atom. The number of aromatic amines is 1. The van der Waals surface area contributed by atoms with E-state index in [1.165, 1.54) is 5.56 Å². The van der Waals surface area contributed by atoms with Gasteiger partial charge in [0, 0.05) is 42.3 Å². The number of guanidine groups is 1. The number of H-pyrrole nitrogens is 1. The molecule has 0 amide bonds. The lowest BCUT2D eigenvalue weighted by atomic mass is 10.1. The van der Waals surface area contributed by atoms with Gasteiger partial charge in [0.15, 0.2) is 5.96 Å². The lowest BCUT2D eigenvalue weighted by molar-refractivity contribution is 0.262. The Morgan fingerprint density at radius 3 is 2.70 bits per heavy atom. The molecule has 1 aliphatic rings. The second-order valence-corrected chi connectivity index (χ2v) is 9.20. The van der Waals surface area contributed by atoms with E-state index >= 15 is 0 Å². The molecule has 0 fully saturated rings. The van der Waals surface area contributed by atoms with Crippen LogP contribution in [0.3, 0.4) is 0 Å². The minimum absolute atomic E-state index is 0.0101. The SMILES string of the molecule is C=C1N=c2[nH]c(-c3ccccc3OCCN(C)C)cc2=CN1c1ccc(CNCCCNC(=N)N)cc1. The third-order valence-corrected chi connectivity index (χ3v) is 5.98. The summed E-state index contributed by atoms with van der Waals surface area (Å²) in [5.41, 5.74) is 10.2. The van der Waals surface area contributed by atoms with E-state index in [0.29, 0.717) is 19.0 Å². The van der Waals surface area contributed by atoms with Crippen LogP contribution in [0.25, 0.3) is 17.5 Å². The van der Waals surface area contributed by atoms with Crippen LogP contribution in [0.4, 0.5) is 5.69 Å². The Balaban J connectivity index is 1.44. The first-order valence-electron chi connectivity index (χ1n) is 12.4. The zero-order valence-corrected chi connectivity index (χ0v) is 21.6. The molecule has 0 spiro atoms. The highest BCUT2D eigenvalue weighted by molar-refractivity contribution is 5.74. The van der Waals surface area contributed by atoms with Crippen molar-refractivity contribution in [3.8, 4) is 17.0 Å². The lowest BCUT2D eigenvalue weighted by Gasteiger charge is -2.21. The minimum atomic E-state index is 0.0101. The summed E-state index contributed by atoms with van der Waals surface area (Å²) < 4.78 is 6.06. The smallest absolute Gasteiger partial charge is 0.185 e. The standard InChI is InChI=1S/C28H36N8O/c1-20-33-27-22(17-25(34-27)24-7-4-5-8-26(24)37-16-15-35(2)3)19-36(20)23-11-9-21(10-12-23)18-31-13-6-14-32-28(29)30/h4-5,7-12,17,19,31H,1,6,13-16,18H2,2-3H3,(H,33,34)(H4,29,30,32). The molecule has 3 aromatic rings. The van der Waals surface area contributed by atoms with Crippen molar-refractivity contribution in [2.45, 2.75) is 13.0 Å². The van der Waals surface area contributed by atoms with Crippen LogP contribution >= 0.6 is 0 Å². The Labute approximate surface area is 217 Å². The van der Waals surface area contributed by atoms with E-state index in [2.05, 4.69) is 69.7 Å². The Hall–Kier alpha value is -4.08. The summed E-state index contributed by atoms with van der Waals surface area (Å²) in [6.07, 6.45) is 2.96. The molecule has 2 aromatic carbocycles. The van der Waals surface area contributed by atoms with Crippen LogP contribution in [-0.4, -0.2) is 56.2 Å². The van der Waals surface area contributed by atoms with Gasteiger partial charge in [-0.25, -0.2) is 4.99 Å². The first kappa shape index (κ1) is 26.0. The topological polar surface area (TPSA) is 118 Å². The van der Waals surface area contributed by atoms with Crippen molar-refractivity contribution in [3.63, 3.8) is 0 Å². The van der Waals surface area contributed by atoms with E-state index in [1.807, 2.05) is 37.2 Å². The maximum absolute atomic E-state index is 7.17. The molecule has 0 saturated carbocycles. The van der Waals surface area contributed by atoms with Gasteiger partial charge in [-0.05, 0) is 63.0 Å². The number of fused-ring (bicyclic) bond motifs is 1. The van der Waals surface area contributed by atoms with Crippen LogP contribution in [0.2, 0.25) is 0 Å². The molecule has 2 heterocycles. The van der Waals surface area contributed by atoms with Gasteiger partial charge in [-0.2, -0.15) is 0 Å². The van der Waals surface area contributed by atoms with E-state index in [0.717, 1.165) is 59.5 Å². The zero-order valence-electron chi connectivity index (χ0n) is 21.6. The van der Waals surface area contributed by atoms with Gasteiger partial charge in [0.2, 0.25) is 0 Å². The van der Waals surface area contributed by atoms with E-state index in [-0.39, 0.29) is 5.96 Å². The predicted molar refractivity (Wildman–Crippen MR) is 150 cm³/mol. The largest absolute Gasteiger partial charge is 0.492 e. The van der Waals surface area contributed by atoms with Crippen LogP contribution in [0, 0.1) is 5.41 Å². The van der Waals surface area contributed by atoms with Gasteiger partial charge in [-0.1, -0.05) is 30.8 Å². The maximum Gasteiger partial charge on any atom is 0.185 e. The molecule has 4 rings (SSSR count). The van der Waals surface area contributed by atoms with Gasteiger partial charge >= 0.3 is 0 Å². The molecule has 1 aromatic heterocycles.